The highest BCUT2D eigenvalue weighted by Gasteiger charge is 2.20. The highest BCUT2D eigenvalue weighted by molar-refractivity contribution is 5.96. The molecular formula is C18H24N2O4. The monoisotopic (exact) mass is 332 g/mol. The topological polar surface area (TPSA) is 73.6 Å². The van der Waals surface area contributed by atoms with Gasteiger partial charge in [0.25, 0.3) is 5.91 Å². The van der Waals surface area contributed by atoms with E-state index in [4.69, 9.17) is 14.0 Å². The van der Waals surface area contributed by atoms with Crippen LogP contribution in [0.1, 0.15) is 54.2 Å². The number of rotatable bonds is 7. The zero-order valence-corrected chi connectivity index (χ0v) is 14.8. The SMILES string of the molecule is CCOc1ccc(C(C)NC(=O)c2c(C)noc2C)cc1OCC. The van der Waals surface area contributed by atoms with Crippen molar-refractivity contribution in [2.45, 2.75) is 40.7 Å². The molecule has 1 unspecified atom stereocenters. The number of aromatic nitrogens is 1. The lowest BCUT2D eigenvalue weighted by Crippen LogP contribution is -2.27. The van der Waals surface area contributed by atoms with Crippen molar-refractivity contribution >= 4 is 5.91 Å². The molecular weight excluding hydrogens is 308 g/mol. The van der Waals surface area contributed by atoms with Crippen LogP contribution in [0.4, 0.5) is 0 Å². The van der Waals surface area contributed by atoms with Crippen LogP contribution in [0.2, 0.25) is 0 Å². The van der Waals surface area contributed by atoms with Gasteiger partial charge >= 0.3 is 0 Å². The van der Waals surface area contributed by atoms with E-state index in [1.807, 2.05) is 39.0 Å². The number of carbonyl (C=O) groups excluding carboxylic acids is 1. The van der Waals surface area contributed by atoms with Crippen molar-refractivity contribution in [3.05, 3.63) is 40.8 Å². The third-order valence-corrected chi connectivity index (χ3v) is 3.68. The Kier molecular flexibility index (Phi) is 5.84. The number of hydrogen-bond donors (Lipinski definition) is 1. The number of carbonyl (C=O) groups is 1. The Hall–Kier alpha value is -2.50. The average Bonchev–Trinajstić information content (AvgIpc) is 2.88. The van der Waals surface area contributed by atoms with Crippen LogP contribution in [-0.2, 0) is 0 Å². The van der Waals surface area contributed by atoms with Gasteiger partial charge in [-0.15, -0.1) is 0 Å². The van der Waals surface area contributed by atoms with Crippen molar-refractivity contribution in [2.75, 3.05) is 13.2 Å². The molecule has 1 N–H and O–H groups in total. The van der Waals surface area contributed by atoms with Crippen LogP contribution in [0.5, 0.6) is 11.5 Å². The van der Waals surface area contributed by atoms with Crippen molar-refractivity contribution in [1.29, 1.82) is 0 Å². The van der Waals surface area contributed by atoms with Gasteiger partial charge in [0, 0.05) is 0 Å². The molecule has 24 heavy (non-hydrogen) atoms. The van der Waals surface area contributed by atoms with E-state index in [1.165, 1.54) is 0 Å². The number of amides is 1. The summed E-state index contributed by atoms with van der Waals surface area (Å²) in [6, 6.07) is 5.49. The minimum atomic E-state index is -0.203. The average molecular weight is 332 g/mol. The van der Waals surface area contributed by atoms with E-state index in [1.54, 1.807) is 13.8 Å². The van der Waals surface area contributed by atoms with Crippen LogP contribution in [0.25, 0.3) is 0 Å². The second kappa shape index (κ2) is 7.86. The molecule has 6 nitrogen and oxygen atoms in total. The molecule has 1 atom stereocenters. The first-order chi connectivity index (χ1) is 11.5. The minimum absolute atomic E-state index is 0.193. The molecule has 0 saturated carbocycles. The van der Waals surface area contributed by atoms with E-state index >= 15 is 0 Å². The van der Waals surface area contributed by atoms with Gasteiger partial charge in [-0.1, -0.05) is 11.2 Å². The number of nitrogens with zero attached hydrogens (tertiary/aromatic N) is 1. The molecule has 2 aromatic rings. The van der Waals surface area contributed by atoms with Crippen molar-refractivity contribution in [2.24, 2.45) is 0 Å². The van der Waals surface area contributed by atoms with E-state index < -0.39 is 0 Å². The summed E-state index contributed by atoms with van der Waals surface area (Å²) in [4.78, 5) is 12.4. The smallest absolute Gasteiger partial charge is 0.257 e. The third-order valence-electron chi connectivity index (χ3n) is 3.68. The Labute approximate surface area is 142 Å². The van der Waals surface area contributed by atoms with Gasteiger partial charge in [0.15, 0.2) is 11.5 Å². The molecule has 6 heteroatoms. The lowest BCUT2D eigenvalue weighted by atomic mass is 10.1. The maximum absolute atomic E-state index is 12.4. The highest BCUT2D eigenvalue weighted by Crippen LogP contribution is 2.31. The van der Waals surface area contributed by atoms with Gasteiger partial charge < -0.3 is 19.3 Å². The van der Waals surface area contributed by atoms with Gasteiger partial charge in [0.1, 0.15) is 11.3 Å². The molecule has 0 aliphatic heterocycles. The molecule has 2 rings (SSSR count). The zero-order chi connectivity index (χ0) is 17.7. The number of hydrogen-bond acceptors (Lipinski definition) is 5. The number of ether oxygens (including phenoxy) is 2. The standard InChI is InChI=1S/C18H24N2O4/c1-6-22-15-9-8-14(10-16(15)23-7-2)11(3)19-18(21)17-12(4)20-24-13(17)5/h8-11H,6-7H2,1-5H3,(H,19,21). The maximum atomic E-state index is 12.4. The molecule has 0 fully saturated rings. The Balaban J connectivity index is 2.18. The zero-order valence-electron chi connectivity index (χ0n) is 14.8. The van der Waals surface area contributed by atoms with Gasteiger partial charge in [-0.25, -0.2) is 0 Å². The molecule has 0 bridgehead atoms. The molecule has 0 aliphatic carbocycles. The summed E-state index contributed by atoms with van der Waals surface area (Å²) in [6.45, 7) is 10.4. The fourth-order valence-electron chi connectivity index (χ4n) is 2.50. The van der Waals surface area contributed by atoms with Crippen LogP contribution in [-0.4, -0.2) is 24.3 Å². The predicted octanol–water partition coefficient (Wildman–Crippen LogP) is 3.58. The Morgan fingerprint density at radius 1 is 1.21 bits per heavy atom. The fraction of sp³-hybridized carbons (Fsp3) is 0.444. The number of aryl methyl sites for hydroxylation is 2. The van der Waals surface area contributed by atoms with Crippen molar-refractivity contribution in [1.82, 2.24) is 10.5 Å². The van der Waals surface area contributed by atoms with Crippen molar-refractivity contribution in [3.63, 3.8) is 0 Å². The largest absolute Gasteiger partial charge is 0.490 e. The molecule has 1 amide bonds. The summed E-state index contributed by atoms with van der Waals surface area (Å²) in [5.74, 6) is 1.69. The van der Waals surface area contributed by atoms with Gasteiger partial charge in [-0.05, 0) is 52.3 Å². The Bertz CT molecular complexity index is 690. The lowest BCUT2D eigenvalue weighted by Gasteiger charge is -2.17. The van der Waals surface area contributed by atoms with Crippen LogP contribution in [0, 0.1) is 13.8 Å². The van der Waals surface area contributed by atoms with Crippen molar-refractivity contribution < 1.29 is 18.8 Å². The summed E-state index contributed by atoms with van der Waals surface area (Å²) in [5, 5.41) is 6.78. The molecule has 0 radical (unpaired) electrons. The summed E-state index contributed by atoms with van der Waals surface area (Å²) in [6.07, 6.45) is 0. The normalized spacial score (nSPS) is 11.9. The second-order valence-corrected chi connectivity index (χ2v) is 5.47. The number of nitrogens with one attached hydrogen (secondary N) is 1. The van der Waals surface area contributed by atoms with Gasteiger partial charge in [0.2, 0.25) is 0 Å². The Morgan fingerprint density at radius 2 is 1.88 bits per heavy atom. The van der Waals surface area contributed by atoms with Gasteiger partial charge in [-0.3, -0.25) is 4.79 Å². The first-order valence-electron chi connectivity index (χ1n) is 8.11. The van der Waals surface area contributed by atoms with Gasteiger partial charge in [0.05, 0.1) is 24.9 Å². The first kappa shape index (κ1) is 17.8. The Morgan fingerprint density at radius 3 is 2.46 bits per heavy atom. The highest BCUT2D eigenvalue weighted by atomic mass is 16.5. The second-order valence-electron chi connectivity index (χ2n) is 5.47. The maximum Gasteiger partial charge on any atom is 0.257 e. The van der Waals surface area contributed by atoms with Crippen LogP contribution >= 0.6 is 0 Å². The molecule has 0 spiro atoms. The fourth-order valence-corrected chi connectivity index (χ4v) is 2.50. The third kappa shape index (κ3) is 3.88. The van der Waals surface area contributed by atoms with Gasteiger partial charge in [-0.2, -0.15) is 0 Å². The van der Waals surface area contributed by atoms with E-state index in [0.29, 0.717) is 41.7 Å². The summed E-state index contributed by atoms with van der Waals surface area (Å²) in [5.41, 5.74) is 2.00. The van der Waals surface area contributed by atoms with Crippen LogP contribution in [0.15, 0.2) is 22.7 Å². The number of benzene rings is 1. The first-order valence-corrected chi connectivity index (χ1v) is 8.11. The summed E-state index contributed by atoms with van der Waals surface area (Å²) >= 11 is 0. The molecule has 0 aliphatic rings. The summed E-state index contributed by atoms with van der Waals surface area (Å²) < 4.78 is 16.2. The van der Waals surface area contributed by atoms with Crippen LogP contribution in [0.3, 0.4) is 0 Å². The predicted molar refractivity (Wildman–Crippen MR) is 90.6 cm³/mol. The van der Waals surface area contributed by atoms with E-state index in [-0.39, 0.29) is 11.9 Å². The lowest BCUT2D eigenvalue weighted by molar-refractivity contribution is 0.0937. The quantitative estimate of drug-likeness (QED) is 0.839. The summed E-state index contributed by atoms with van der Waals surface area (Å²) in [7, 11) is 0. The van der Waals surface area contributed by atoms with Crippen LogP contribution < -0.4 is 14.8 Å². The van der Waals surface area contributed by atoms with E-state index in [0.717, 1.165) is 5.56 Å². The molecule has 1 aromatic heterocycles. The molecule has 0 saturated heterocycles. The van der Waals surface area contributed by atoms with E-state index in [9.17, 15) is 4.79 Å². The molecule has 130 valence electrons. The van der Waals surface area contributed by atoms with E-state index in [2.05, 4.69) is 10.5 Å². The minimum Gasteiger partial charge on any atom is -0.490 e. The van der Waals surface area contributed by atoms with Crippen molar-refractivity contribution in [3.8, 4) is 11.5 Å². The molecule has 1 heterocycles. The molecule has 1 aromatic carbocycles.